The van der Waals surface area contributed by atoms with Gasteiger partial charge in [0, 0.05) is 27.8 Å². The van der Waals surface area contributed by atoms with E-state index < -0.39 is 14.5 Å². The summed E-state index contributed by atoms with van der Waals surface area (Å²) in [6.45, 7) is 0. The lowest BCUT2D eigenvalue weighted by atomic mass is 10.2. The third kappa shape index (κ3) is 2.90. The van der Waals surface area contributed by atoms with Crippen LogP contribution in [0.1, 0.15) is 5.56 Å². The minimum absolute atomic E-state index is 0.461. The molecule has 1 rings (SSSR count). The summed E-state index contributed by atoms with van der Waals surface area (Å²) < 4.78 is 15.6. The fourth-order valence-electron chi connectivity index (χ4n) is 1.62. The van der Waals surface area contributed by atoms with Crippen LogP contribution in [0.4, 0.5) is 0 Å². The third-order valence-electron chi connectivity index (χ3n) is 2.53. The Morgan fingerprint density at radius 1 is 1.06 bits per heavy atom. The van der Waals surface area contributed by atoms with Gasteiger partial charge in [-0.2, -0.15) is 0 Å². The Hall–Kier alpha value is -0.723. The Labute approximate surface area is 97.1 Å². The molecule has 0 bridgehead atoms. The predicted molar refractivity (Wildman–Crippen MR) is 62.9 cm³/mol. The van der Waals surface area contributed by atoms with E-state index in [9.17, 15) is 5.11 Å². The first-order valence-corrected chi connectivity index (χ1v) is 6.86. The molecule has 1 aromatic carbocycles. The van der Waals surface area contributed by atoms with Crippen LogP contribution in [0.3, 0.4) is 0 Å². The van der Waals surface area contributed by atoms with E-state index in [0.29, 0.717) is 6.42 Å². The highest BCUT2D eigenvalue weighted by molar-refractivity contribution is 6.62. The van der Waals surface area contributed by atoms with Crippen LogP contribution in [0.2, 0.25) is 0 Å². The van der Waals surface area contributed by atoms with Gasteiger partial charge in [-0.3, -0.25) is 0 Å². The van der Waals surface area contributed by atoms with E-state index in [4.69, 9.17) is 13.3 Å². The molecule has 16 heavy (non-hydrogen) atoms. The van der Waals surface area contributed by atoms with Gasteiger partial charge in [-0.15, -0.1) is 0 Å². The van der Waals surface area contributed by atoms with Crippen molar-refractivity contribution < 1.29 is 18.4 Å². The number of hydrogen-bond acceptors (Lipinski definition) is 4. The van der Waals surface area contributed by atoms with E-state index in [1.165, 1.54) is 21.3 Å². The van der Waals surface area contributed by atoms with Crippen LogP contribution in [0.5, 0.6) is 0 Å². The molecule has 1 N–H and O–H groups in total. The van der Waals surface area contributed by atoms with E-state index in [-0.39, 0.29) is 0 Å². The quantitative estimate of drug-likeness (QED) is 0.756. The first-order chi connectivity index (χ1) is 7.68. The summed E-state index contributed by atoms with van der Waals surface area (Å²) in [5.41, 5.74) is 0.271. The van der Waals surface area contributed by atoms with E-state index in [1.54, 1.807) is 0 Å². The van der Waals surface area contributed by atoms with Crippen LogP contribution in [-0.2, 0) is 19.7 Å². The number of rotatable bonds is 6. The van der Waals surface area contributed by atoms with E-state index >= 15 is 0 Å². The maximum atomic E-state index is 10.1. The van der Waals surface area contributed by atoms with Crippen molar-refractivity contribution in [2.24, 2.45) is 0 Å². The second-order valence-corrected chi connectivity index (χ2v) is 6.52. The van der Waals surface area contributed by atoms with Crippen LogP contribution in [0.15, 0.2) is 30.3 Å². The van der Waals surface area contributed by atoms with Crippen LogP contribution < -0.4 is 0 Å². The summed E-state index contributed by atoms with van der Waals surface area (Å²) in [5.74, 6) is 0. The highest BCUT2D eigenvalue weighted by atomic mass is 28.4. The molecule has 1 aromatic rings. The Bertz CT molecular complexity index is 292. The van der Waals surface area contributed by atoms with Gasteiger partial charge in [0.2, 0.25) is 0 Å². The first-order valence-electron chi connectivity index (χ1n) is 5.06. The fourth-order valence-corrected chi connectivity index (χ4v) is 3.42. The molecule has 0 heterocycles. The lowest BCUT2D eigenvalue weighted by Crippen LogP contribution is -2.55. The largest absolute Gasteiger partial charge is 0.530 e. The Morgan fingerprint density at radius 2 is 1.56 bits per heavy atom. The van der Waals surface area contributed by atoms with Gasteiger partial charge in [0.05, 0.1) is 0 Å². The molecule has 0 spiro atoms. The summed E-state index contributed by atoms with van der Waals surface area (Å²) in [7, 11) is 1.53. The SMILES string of the molecule is CO[Si](OC)(OC)C(O)Cc1ccccc1. The summed E-state index contributed by atoms with van der Waals surface area (Å²) >= 11 is 0. The zero-order valence-electron chi connectivity index (χ0n) is 9.84. The van der Waals surface area contributed by atoms with Crippen LogP contribution in [0, 0.1) is 0 Å². The number of benzene rings is 1. The molecule has 5 heteroatoms. The maximum Gasteiger partial charge on any atom is 0.530 e. The highest BCUT2D eigenvalue weighted by Crippen LogP contribution is 2.16. The lowest BCUT2D eigenvalue weighted by Gasteiger charge is -2.28. The fraction of sp³-hybridized carbons (Fsp3) is 0.455. The molecule has 0 radical (unpaired) electrons. The minimum Gasteiger partial charge on any atom is -0.388 e. The van der Waals surface area contributed by atoms with Gasteiger partial charge in [0.25, 0.3) is 0 Å². The van der Waals surface area contributed by atoms with Crippen molar-refractivity contribution in [1.29, 1.82) is 0 Å². The lowest BCUT2D eigenvalue weighted by molar-refractivity contribution is 0.0587. The summed E-state index contributed by atoms with van der Waals surface area (Å²) in [6.07, 6.45) is 0.461. The average Bonchev–Trinajstić information content (AvgIpc) is 2.33. The molecular formula is C11H18O4Si. The molecular weight excluding hydrogens is 224 g/mol. The minimum atomic E-state index is -2.95. The molecule has 1 atom stereocenters. The van der Waals surface area contributed by atoms with Crippen molar-refractivity contribution in [3.63, 3.8) is 0 Å². The van der Waals surface area contributed by atoms with Gasteiger partial charge in [-0.05, 0) is 5.56 Å². The normalized spacial score (nSPS) is 13.8. The first kappa shape index (κ1) is 13.3. The monoisotopic (exact) mass is 242 g/mol. The molecule has 90 valence electrons. The molecule has 0 aliphatic carbocycles. The predicted octanol–water partition coefficient (Wildman–Crippen LogP) is 1.01. The molecule has 0 saturated heterocycles. The van der Waals surface area contributed by atoms with Crippen molar-refractivity contribution in [3.8, 4) is 0 Å². The molecule has 0 aromatic heterocycles. The van der Waals surface area contributed by atoms with Crippen LogP contribution in [-0.4, -0.2) is 41.0 Å². The second-order valence-electron chi connectivity index (χ2n) is 3.42. The zero-order chi connectivity index (χ0) is 12.0. The van der Waals surface area contributed by atoms with Crippen molar-refractivity contribution in [3.05, 3.63) is 35.9 Å². The van der Waals surface area contributed by atoms with Crippen molar-refractivity contribution in [1.82, 2.24) is 0 Å². The number of hydrogen-bond donors (Lipinski definition) is 1. The third-order valence-corrected chi connectivity index (χ3v) is 5.26. The number of aliphatic hydroxyl groups is 1. The van der Waals surface area contributed by atoms with Crippen molar-refractivity contribution >= 4 is 8.80 Å². The summed E-state index contributed by atoms with van der Waals surface area (Å²) in [5, 5.41) is 10.1. The van der Waals surface area contributed by atoms with Gasteiger partial charge in [0.1, 0.15) is 5.73 Å². The van der Waals surface area contributed by atoms with Crippen molar-refractivity contribution in [2.75, 3.05) is 21.3 Å². The Morgan fingerprint density at radius 3 is 2.00 bits per heavy atom. The number of aliphatic hydroxyl groups excluding tert-OH is 1. The van der Waals surface area contributed by atoms with Crippen molar-refractivity contribution in [2.45, 2.75) is 12.1 Å². The molecule has 0 aliphatic rings. The summed E-state index contributed by atoms with van der Waals surface area (Å²) in [6, 6.07) is 9.69. The highest BCUT2D eigenvalue weighted by Gasteiger charge is 2.46. The van der Waals surface area contributed by atoms with Gasteiger partial charge in [-0.25, -0.2) is 0 Å². The van der Waals surface area contributed by atoms with Gasteiger partial charge < -0.3 is 18.4 Å². The zero-order valence-corrected chi connectivity index (χ0v) is 10.8. The molecule has 0 aliphatic heterocycles. The molecule has 4 nitrogen and oxygen atoms in total. The van der Waals surface area contributed by atoms with Crippen LogP contribution >= 0.6 is 0 Å². The van der Waals surface area contributed by atoms with Gasteiger partial charge in [-0.1, -0.05) is 30.3 Å². The van der Waals surface area contributed by atoms with E-state index in [1.807, 2.05) is 30.3 Å². The topological polar surface area (TPSA) is 47.9 Å². The van der Waals surface area contributed by atoms with E-state index in [0.717, 1.165) is 5.56 Å². The van der Waals surface area contributed by atoms with Crippen LogP contribution in [0.25, 0.3) is 0 Å². The standard InChI is InChI=1S/C11H18O4Si/c1-13-16(14-2,15-3)11(12)9-10-7-5-4-6-8-10/h4-8,11-12H,9H2,1-3H3. The molecule has 1 unspecified atom stereocenters. The Kier molecular flexibility index (Phi) is 5.10. The molecule has 0 saturated carbocycles. The van der Waals surface area contributed by atoms with Gasteiger partial charge >= 0.3 is 8.80 Å². The van der Waals surface area contributed by atoms with Gasteiger partial charge in [0.15, 0.2) is 0 Å². The Balaban J connectivity index is 2.73. The summed E-state index contributed by atoms with van der Waals surface area (Å²) in [4.78, 5) is 0. The second kappa shape index (κ2) is 6.12. The van der Waals surface area contributed by atoms with E-state index in [2.05, 4.69) is 0 Å². The smallest absolute Gasteiger partial charge is 0.388 e. The molecule has 0 amide bonds. The average molecular weight is 242 g/mol. The maximum absolute atomic E-state index is 10.1. The molecule has 0 fully saturated rings.